The van der Waals surface area contributed by atoms with E-state index in [2.05, 4.69) is 20.2 Å². The summed E-state index contributed by atoms with van der Waals surface area (Å²) in [6, 6.07) is 2.88. The fraction of sp³-hybridized carbons (Fsp3) is 0.125. The van der Waals surface area contributed by atoms with Crippen LogP contribution in [0.2, 0.25) is 0 Å². The SMILES string of the molecule is FC(F)c1cc(-c2ncccn2)n[nH]1. The summed E-state index contributed by atoms with van der Waals surface area (Å²) in [5, 5.41) is 5.90. The van der Waals surface area contributed by atoms with Crippen molar-refractivity contribution in [3.05, 3.63) is 30.2 Å². The molecule has 0 spiro atoms. The van der Waals surface area contributed by atoms with Crippen molar-refractivity contribution < 1.29 is 8.78 Å². The minimum Gasteiger partial charge on any atom is -0.276 e. The normalized spacial score (nSPS) is 10.8. The maximum atomic E-state index is 12.2. The number of halogens is 2. The van der Waals surface area contributed by atoms with Crippen LogP contribution >= 0.6 is 0 Å². The molecule has 0 saturated carbocycles. The van der Waals surface area contributed by atoms with Crippen LogP contribution in [0, 0.1) is 0 Å². The summed E-state index contributed by atoms with van der Waals surface area (Å²) in [6.45, 7) is 0. The first kappa shape index (κ1) is 8.74. The second-order valence-electron chi connectivity index (χ2n) is 2.58. The van der Waals surface area contributed by atoms with Gasteiger partial charge in [0.15, 0.2) is 5.82 Å². The molecule has 0 aliphatic heterocycles. The van der Waals surface area contributed by atoms with Gasteiger partial charge in [0.25, 0.3) is 6.43 Å². The lowest BCUT2D eigenvalue weighted by Gasteiger charge is -1.90. The van der Waals surface area contributed by atoms with Crippen LogP contribution in [-0.2, 0) is 0 Å². The first-order valence-electron chi connectivity index (χ1n) is 3.88. The standard InChI is InChI=1S/C8H6F2N4/c9-7(10)5-4-6(14-13-5)8-11-2-1-3-12-8/h1-4,7H,(H,13,14). The Hall–Kier alpha value is -1.85. The van der Waals surface area contributed by atoms with Crippen molar-refractivity contribution in [1.82, 2.24) is 20.2 Å². The Balaban J connectivity index is 2.34. The highest BCUT2D eigenvalue weighted by Crippen LogP contribution is 2.20. The monoisotopic (exact) mass is 196 g/mol. The van der Waals surface area contributed by atoms with E-state index in [1.165, 1.54) is 18.5 Å². The zero-order chi connectivity index (χ0) is 9.97. The Morgan fingerprint density at radius 1 is 1.21 bits per heavy atom. The summed E-state index contributed by atoms with van der Waals surface area (Å²) in [6.07, 6.45) is 0.498. The van der Waals surface area contributed by atoms with Crippen molar-refractivity contribution in [2.75, 3.05) is 0 Å². The third-order valence-corrected chi connectivity index (χ3v) is 1.63. The molecule has 4 nitrogen and oxygen atoms in total. The predicted molar refractivity (Wildman–Crippen MR) is 44.6 cm³/mol. The maximum Gasteiger partial charge on any atom is 0.279 e. The number of H-pyrrole nitrogens is 1. The lowest BCUT2D eigenvalue weighted by molar-refractivity contribution is 0.146. The smallest absolute Gasteiger partial charge is 0.276 e. The summed E-state index contributed by atoms with van der Waals surface area (Å²) < 4.78 is 24.4. The van der Waals surface area contributed by atoms with Gasteiger partial charge < -0.3 is 0 Å². The molecule has 2 heterocycles. The van der Waals surface area contributed by atoms with Crippen molar-refractivity contribution in [1.29, 1.82) is 0 Å². The van der Waals surface area contributed by atoms with Crippen LogP contribution in [0.25, 0.3) is 11.5 Å². The molecule has 72 valence electrons. The van der Waals surface area contributed by atoms with E-state index in [1.54, 1.807) is 6.07 Å². The first-order chi connectivity index (χ1) is 6.77. The Labute approximate surface area is 78.0 Å². The quantitative estimate of drug-likeness (QED) is 0.796. The average Bonchev–Trinajstić information content (AvgIpc) is 2.68. The molecule has 2 rings (SSSR count). The highest BCUT2D eigenvalue weighted by Gasteiger charge is 2.12. The molecule has 0 aliphatic rings. The molecule has 1 N–H and O–H groups in total. The van der Waals surface area contributed by atoms with Crippen LogP contribution < -0.4 is 0 Å². The van der Waals surface area contributed by atoms with Crippen molar-refractivity contribution >= 4 is 0 Å². The Morgan fingerprint density at radius 3 is 2.50 bits per heavy atom. The minimum atomic E-state index is -2.56. The van der Waals surface area contributed by atoms with Gasteiger partial charge in [-0.15, -0.1) is 0 Å². The number of alkyl halides is 2. The van der Waals surface area contributed by atoms with Crippen LogP contribution in [0.1, 0.15) is 12.1 Å². The third-order valence-electron chi connectivity index (χ3n) is 1.63. The summed E-state index contributed by atoms with van der Waals surface area (Å²) in [4.78, 5) is 7.77. The number of hydrogen-bond donors (Lipinski definition) is 1. The van der Waals surface area contributed by atoms with E-state index in [4.69, 9.17) is 0 Å². The van der Waals surface area contributed by atoms with Crippen molar-refractivity contribution in [3.63, 3.8) is 0 Å². The average molecular weight is 196 g/mol. The number of hydrogen-bond acceptors (Lipinski definition) is 3. The van der Waals surface area contributed by atoms with Crippen LogP contribution in [-0.4, -0.2) is 20.2 Å². The van der Waals surface area contributed by atoms with E-state index in [0.717, 1.165) is 0 Å². The van der Waals surface area contributed by atoms with Crippen molar-refractivity contribution in [2.45, 2.75) is 6.43 Å². The molecule has 0 amide bonds. The molecule has 6 heteroatoms. The lowest BCUT2D eigenvalue weighted by Crippen LogP contribution is -1.85. The minimum absolute atomic E-state index is 0.229. The van der Waals surface area contributed by atoms with Crippen LogP contribution in [0.5, 0.6) is 0 Å². The van der Waals surface area contributed by atoms with Crippen molar-refractivity contribution in [2.24, 2.45) is 0 Å². The molecule has 0 aliphatic carbocycles. The van der Waals surface area contributed by atoms with Gasteiger partial charge in [0.1, 0.15) is 11.4 Å². The van der Waals surface area contributed by atoms with E-state index in [-0.39, 0.29) is 5.69 Å². The zero-order valence-electron chi connectivity index (χ0n) is 6.98. The summed E-state index contributed by atoms with van der Waals surface area (Å²) in [7, 11) is 0. The molecule has 2 aromatic heterocycles. The van der Waals surface area contributed by atoms with Crippen LogP contribution in [0.3, 0.4) is 0 Å². The highest BCUT2D eigenvalue weighted by molar-refractivity contribution is 5.48. The number of nitrogens with zero attached hydrogens (tertiary/aromatic N) is 3. The van der Waals surface area contributed by atoms with Crippen LogP contribution in [0.15, 0.2) is 24.5 Å². The molecule has 14 heavy (non-hydrogen) atoms. The molecule has 0 saturated heterocycles. The number of rotatable bonds is 2. The Bertz CT molecular complexity index is 412. The number of aromatic nitrogens is 4. The number of nitrogens with one attached hydrogen (secondary N) is 1. The van der Waals surface area contributed by atoms with Gasteiger partial charge in [-0.2, -0.15) is 5.10 Å². The third kappa shape index (κ3) is 1.59. The van der Waals surface area contributed by atoms with Crippen molar-refractivity contribution in [3.8, 4) is 11.5 Å². The second-order valence-corrected chi connectivity index (χ2v) is 2.58. The summed E-state index contributed by atoms with van der Waals surface area (Å²) in [5.74, 6) is 0.329. The fourth-order valence-corrected chi connectivity index (χ4v) is 0.994. The van der Waals surface area contributed by atoms with Gasteiger partial charge >= 0.3 is 0 Å². The fourth-order valence-electron chi connectivity index (χ4n) is 0.994. The Kier molecular flexibility index (Phi) is 2.18. The van der Waals surface area contributed by atoms with E-state index in [1.807, 2.05) is 0 Å². The highest BCUT2D eigenvalue weighted by atomic mass is 19.3. The molecule has 0 atom stereocenters. The molecule has 0 bridgehead atoms. The molecular weight excluding hydrogens is 190 g/mol. The van der Waals surface area contributed by atoms with Gasteiger partial charge in [-0.25, -0.2) is 18.7 Å². The van der Waals surface area contributed by atoms with Gasteiger partial charge in [0.05, 0.1) is 0 Å². The van der Waals surface area contributed by atoms with Gasteiger partial charge in [-0.3, -0.25) is 5.10 Å². The maximum absolute atomic E-state index is 12.2. The lowest BCUT2D eigenvalue weighted by atomic mass is 10.3. The van der Waals surface area contributed by atoms with E-state index >= 15 is 0 Å². The molecule has 0 radical (unpaired) electrons. The van der Waals surface area contributed by atoms with Gasteiger partial charge in [-0.1, -0.05) is 0 Å². The zero-order valence-corrected chi connectivity index (χ0v) is 6.98. The van der Waals surface area contributed by atoms with Gasteiger partial charge in [-0.05, 0) is 12.1 Å². The topological polar surface area (TPSA) is 54.5 Å². The first-order valence-corrected chi connectivity index (χ1v) is 3.88. The summed E-state index contributed by atoms with van der Waals surface area (Å²) in [5.41, 5.74) is 0.0911. The molecule has 0 aromatic carbocycles. The molecular formula is C8H6F2N4. The molecule has 2 aromatic rings. The van der Waals surface area contributed by atoms with E-state index in [9.17, 15) is 8.78 Å². The largest absolute Gasteiger partial charge is 0.279 e. The van der Waals surface area contributed by atoms with E-state index in [0.29, 0.717) is 11.5 Å². The predicted octanol–water partition coefficient (Wildman–Crippen LogP) is 1.80. The van der Waals surface area contributed by atoms with Gasteiger partial charge in [0.2, 0.25) is 0 Å². The number of aromatic amines is 1. The Morgan fingerprint density at radius 2 is 1.93 bits per heavy atom. The summed E-state index contributed by atoms with van der Waals surface area (Å²) >= 11 is 0. The second kappa shape index (κ2) is 3.49. The van der Waals surface area contributed by atoms with E-state index < -0.39 is 6.43 Å². The molecule has 0 unspecified atom stereocenters. The van der Waals surface area contributed by atoms with Crippen LogP contribution in [0.4, 0.5) is 8.78 Å². The van der Waals surface area contributed by atoms with Gasteiger partial charge in [0, 0.05) is 12.4 Å². The molecule has 0 fully saturated rings.